The van der Waals surface area contributed by atoms with E-state index in [1.807, 2.05) is 42.5 Å². The summed E-state index contributed by atoms with van der Waals surface area (Å²) in [6.07, 6.45) is 1.63. The lowest BCUT2D eigenvalue weighted by atomic mass is 10.0. The van der Waals surface area contributed by atoms with E-state index in [-0.39, 0.29) is 18.3 Å². The van der Waals surface area contributed by atoms with Crippen LogP contribution in [0.2, 0.25) is 0 Å². The maximum Gasteiger partial charge on any atom is 0.262 e. The number of sulfonamides is 1. The quantitative estimate of drug-likeness (QED) is 0.773. The number of nitrogens with zero attached hydrogens (tertiary/aromatic N) is 1. The highest BCUT2D eigenvalue weighted by atomic mass is 32.2. The molecule has 0 atom stereocenters. The largest absolute Gasteiger partial charge is 0.484 e. The van der Waals surface area contributed by atoms with Crippen molar-refractivity contribution in [2.45, 2.75) is 33.2 Å². The van der Waals surface area contributed by atoms with E-state index < -0.39 is 10.0 Å². The van der Waals surface area contributed by atoms with Crippen molar-refractivity contribution in [1.29, 1.82) is 0 Å². The number of benzene rings is 2. The Bertz CT molecular complexity index is 939. The maximum absolute atomic E-state index is 12.2. The van der Waals surface area contributed by atoms with Crippen molar-refractivity contribution in [3.63, 3.8) is 0 Å². The summed E-state index contributed by atoms with van der Waals surface area (Å²) >= 11 is 0. The van der Waals surface area contributed by atoms with Crippen molar-refractivity contribution >= 4 is 21.6 Å². The zero-order valence-corrected chi connectivity index (χ0v) is 17.1. The summed E-state index contributed by atoms with van der Waals surface area (Å²) in [7, 11) is -3.22. The second kappa shape index (κ2) is 8.75. The molecule has 0 bridgehead atoms. The van der Waals surface area contributed by atoms with Crippen molar-refractivity contribution in [2.24, 2.45) is 0 Å². The second-order valence-corrected chi connectivity index (χ2v) is 9.06. The number of fused-ring (bicyclic) bond motifs is 1. The Morgan fingerprint density at radius 3 is 2.54 bits per heavy atom. The van der Waals surface area contributed by atoms with E-state index in [9.17, 15) is 13.2 Å². The van der Waals surface area contributed by atoms with Crippen LogP contribution in [0.4, 0.5) is 5.69 Å². The lowest BCUT2D eigenvalue weighted by Gasteiger charge is -2.28. The minimum absolute atomic E-state index is 0.0844. The molecule has 2 aromatic rings. The van der Waals surface area contributed by atoms with E-state index in [1.54, 1.807) is 6.92 Å². The Hall–Kier alpha value is -2.38. The third-order valence-electron chi connectivity index (χ3n) is 4.93. The topological polar surface area (TPSA) is 75.7 Å². The maximum atomic E-state index is 12.2. The highest BCUT2D eigenvalue weighted by Gasteiger charge is 2.25. The summed E-state index contributed by atoms with van der Waals surface area (Å²) in [5, 5.41) is 2.82. The molecule has 1 amide bonds. The Morgan fingerprint density at radius 1 is 1.11 bits per heavy atom. The average molecular weight is 403 g/mol. The summed E-state index contributed by atoms with van der Waals surface area (Å²) in [4.78, 5) is 12.2. The number of ether oxygens (including phenoxy) is 1. The molecule has 1 heterocycles. The van der Waals surface area contributed by atoms with Crippen LogP contribution in [0, 0.1) is 0 Å². The predicted octanol–water partition coefficient (Wildman–Crippen LogP) is 2.97. The number of carbonyl (C=O) groups excluding carboxylic acids is 1. The smallest absolute Gasteiger partial charge is 0.262 e. The van der Waals surface area contributed by atoms with Crippen molar-refractivity contribution < 1.29 is 17.9 Å². The van der Waals surface area contributed by atoms with Gasteiger partial charge in [-0.2, -0.15) is 4.31 Å². The minimum atomic E-state index is -3.22. The lowest BCUT2D eigenvalue weighted by Crippen LogP contribution is -2.36. The number of nitrogens with one attached hydrogen (secondary N) is 1. The van der Waals surface area contributed by atoms with E-state index in [0.717, 1.165) is 17.5 Å². The van der Waals surface area contributed by atoms with E-state index in [4.69, 9.17) is 4.74 Å². The third-order valence-corrected chi connectivity index (χ3v) is 6.76. The number of aryl methyl sites for hydroxylation is 1. The van der Waals surface area contributed by atoms with Crippen LogP contribution in [0.3, 0.4) is 0 Å². The van der Waals surface area contributed by atoms with E-state index in [2.05, 4.69) is 12.2 Å². The van der Waals surface area contributed by atoms with E-state index in [1.165, 1.54) is 9.87 Å². The molecule has 1 aliphatic rings. The van der Waals surface area contributed by atoms with Crippen LogP contribution in [-0.2, 0) is 34.2 Å². The van der Waals surface area contributed by atoms with Gasteiger partial charge in [0.25, 0.3) is 5.91 Å². The molecule has 0 fully saturated rings. The number of anilines is 1. The molecule has 0 aromatic heterocycles. The molecule has 28 heavy (non-hydrogen) atoms. The molecule has 1 aliphatic heterocycles. The molecule has 0 saturated heterocycles. The van der Waals surface area contributed by atoms with Crippen LogP contribution in [0.1, 0.15) is 30.5 Å². The molecular formula is C21H26N2O4S. The van der Waals surface area contributed by atoms with Gasteiger partial charge in [0.2, 0.25) is 10.0 Å². The molecule has 2 aromatic carbocycles. The predicted molar refractivity (Wildman–Crippen MR) is 110 cm³/mol. The number of amides is 1. The number of hydrogen-bond donors (Lipinski definition) is 1. The zero-order chi connectivity index (χ0) is 20.1. The van der Waals surface area contributed by atoms with Gasteiger partial charge in [-0.25, -0.2) is 8.42 Å². The fraction of sp³-hybridized carbons (Fsp3) is 0.381. The second-order valence-electron chi connectivity index (χ2n) is 6.80. The van der Waals surface area contributed by atoms with Gasteiger partial charge in [0.1, 0.15) is 5.75 Å². The first-order valence-corrected chi connectivity index (χ1v) is 11.1. The Kier molecular flexibility index (Phi) is 6.36. The number of carbonyl (C=O) groups is 1. The first kappa shape index (κ1) is 20.4. The van der Waals surface area contributed by atoms with Crippen LogP contribution >= 0.6 is 0 Å². The summed E-state index contributed by atoms with van der Waals surface area (Å²) in [6, 6.07) is 13.3. The van der Waals surface area contributed by atoms with Crippen molar-refractivity contribution in [2.75, 3.05) is 24.2 Å². The van der Waals surface area contributed by atoms with Gasteiger partial charge in [-0.3, -0.25) is 4.79 Å². The van der Waals surface area contributed by atoms with Crippen LogP contribution in [0.15, 0.2) is 42.5 Å². The number of rotatable bonds is 7. The summed E-state index contributed by atoms with van der Waals surface area (Å²) in [5.74, 6) is 0.488. The zero-order valence-electron chi connectivity index (χ0n) is 16.3. The molecule has 0 unspecified atom stereocenters. The van der Waals surface area contributed by atoms with Crippen molar-refractivity contribution in [3.05, 3.63) is 59.2 Å². The summed E-state index contributed by atoms with van der Waals surface area (Å²) in [6.45, 7) is 4.49. The summed E-state index contributed by atoms with van der Waals surface area (Å²) in [5.41, 5.74) is 3.90. The fourth-order valence-electron chi connectivity index (χ4n) is 3.20. The van der Waals surface area contributed by atoms with Crippen LogP contribution < -0.4 is 10.1 Å². The monoisotopic (exact) mass is 402 g/mol. The standard InChI is InChI=1S/C21H26N2O4S/c1-3-16-5-9-20(10-6-16)27-15-21(24)22-19-8-7-17-11-12-23(14-18(17)13-19)28(25,26)4-2/h5-10,13H,3-4,11-12,14-15H2,1-2H3,(H,22,24). The minimum Gasteiger partial charge on any atom is -0.484 e. The third kappa shape index (κ3) is 4.91. The molecule has 6 nitrogen and oxygen atoms in total. The molecule has 3 rings (SSSR count). The summed E-state index contributed by atoms with van der Waals surface area (Å²) < 4.78 is 31.3. The molecule has 1 N–H and O–H groups in total. The van der Waals surface area contributed by atoms with Gasteiger partial charge >= 0.3 is 0 Å². The van der Waals surface area contributed by atoms with E-state index >= 15 is 0 Å². The van der Waals surface area contributed by atoms with Gasteiger partial charge in [0.05, 0.1) is 5.75 Å². The van der Waals surface area contributed by atoms with Crippen LogP contribution in [0.25, 0.3) is 0 Å². The lowest BCUT2D eigenvalue weighted by molar-refractivity contribution is -0.118. The molecule has 0 radical (unpaired) electrons. The van der Waals surface area contributed by atoms with Crippen LogP contribution in [-0.4, -0.2) is 37.5 Å². The van der Waals surface area contributed by atoms with Crippen molar-refractivity contribution in [3.8, 4) is 5.75 Å². The first-order valence-electron chi connectivity index (χ1n) is 9.52. The first-order chi connectivity index (χ1) is 13.4. The molecule has 0 saturated carbocycles. The average Bonchev–Trinajstić information content (AvgIpc) is 2.72. The fourth-order valence-corrected chi connectivity index (χ4v) is 4.27. The Balaban J connectivity index is 1.60. The van der Waals surface area contributed by atoms with Gasteiger partial charge in [-0.15, -0.1) is 0 Å². The Labute approximate surface area is 166 Å². The molecule has 150 valence electrons. The van der Waals surface area contributed by atoms with Gasteiger partial charge < -0.3 is 10.1 Å². The molecule has 7 heteroatoms. The molecule has 0 aliphatic carbocycles. The molecule has 0 spiro atoms. The van der Waals surface area contributed by atoms with Crippen molar-refractivity contribution in [1.82, 2.24) is 4.31 Å². The van der Waals surface area contributed by atoms with Gasteiger partial charge in [-0.05, 0) is 60.7 Å². The SMILES string of the molecule is CCc1ccc(OCC(=O)Nc2ccc3c(c2)CN(S(=O)(=O)CC)CC3)cc1. The van der Waals surface area contributed by atoms with Crippen LogP contribution in [0.5, 0.6) is 5.75 Å². The number of hydrogen-bond acceptors (Lipinski definition) is 4. The molecular weight excluding hydrogens is 376 g/mol. The van der Waals surface area contributed by atoms with Gasteiger partial charge in [0.15, 0.2) is 6.61 Å². The highest BCUT2D eigenvalue weighted by Crippen LogP contribution is 2.24. The van der Waals surface area contributed by atoms with Gasteiger partial charge in [0, 0.05) is 18.8 Å². The normalized spacial score (nSPS) is 14.4. The Morgan fingerprint density at radius 2 is 1.86 bits per heavy atom. The highest BCUT2D eigenvalue weighted by molar-refractivity contribution is 7.89. The van der Waals surface area contributed by atoms with E-state index in [0.29, 0.717) is 30.9 Å². The van der Waals surface area contributed by atoms with Gasteiger partial charge in [-0.1, -0.05) is 25.1 Å².